The Kier molecular flexibility index (Phi) is 7.02. The van der Waals surface area contributed by atoms with Gasteiger partial charge in [0.2, 0.25) is 5.91 Å². The number of thioether (sulfide) groups is 1. The summed E-state index contributed by atoms with van der Waals surface area (Å²) in [5.74, 6) is -0.283. The van der Waals surface area contributed by atoms with Crippen LogP contribution in [-0.4, -0.2) is 46.1 Å². The summed E-state index contributed by atoms with van der Waals surface area (Å²) < 4.78 is 1.56. The third kappa shape index (κ3) is 5.27. The number of aromatic nitrogens is 2. The van der Waals surface area contributed by atoms with E-state index in [1.165, 1.54) is 16.7 Å². The van der Waals surface area contributed by atoms with Gasteiger partial charge in [-0.15, -0.1) is 0 Å². The predicted octanol–water partition coefficient (Wildman–Crippen LogP) is 4.44. The molecule has 4 aromatic rings. The van der Waals surface area contributed by atoms with Gasteiger partial charge in [-0.25, -0.2) is 4.98 Å². The number of benzene rings is 3. The zero-order valence-electron chi connectivity index (χ0n) is 20.0. The second-order valence-electron chi connectivity index (χ2n) is 8.43. The van der Waals surface area contributed by atoms with Gasteiger partial charge in [-0.2, -0.15) is 0 Å². The quantitative estimate of drug-likeness (QED) is 0.322. The van der Waals surface area contributed by atoms with Gasteiger partial charge in [-0.1, -0.05) is 30.0 Å². The van der Waals surface area contributed by atoms with Crippen LogP contribution in [0.15, 0.2) is 76.7 Å². The number of carbonyl (C=O) groups excluding carboxylic acids is 2. The number of hydrogen-bond acceptors (Lipinski definition) is 5. The molecule has 8 heteroatoms. The molecule has 0 atom stereocenters. The van der Waals surface area contributed by atoms with Crippen LogP contribution in [0.1, 0.15) is 21.5 Å². The van der Waals surface area contributed by atoms with E-state index in [9.17, 15) is 14.4 Å². The first-order chi connectivity index (χ1) is 16.7. The van der Waals surface area contributed by atoms with Gasteiger partial charge in [-0.3, -0.25) is 19.0 Å². The molecule has 0 aliphatic carbocycles. The maximum atomic E-state index is 13.4. The molecule has 0 saturated carbocycles. The van der Waals surface area contributed by atoms with E-state index in [0.29, 0.717) is 33.0 Å². The summed E-state index contributed by atoms with van der Waals surface area (Å²) >= 11 is 1.20. The lowest BCUT2D eigenvalue weighted by molar-refractivity contribution is -0.113. The number of nitrogens with zero attached hydrogens (tertiary/aromatic N) is 3. The monoisotopic (exact) mass is 486 g/mol. The minimum absolute atomic E-state index is 0.0635. The molecule has 0 saturated heterocycles. The average molecular weight is 487 g/mol. The summed E-state index contributed by atoms with van der Waals surface area (Å²) in [6, 6.07) is 19.7. The van der Waals surface area contributed by atoms with Crippen molar-refractivity contribution in [1.29, 1.82) is 0 Å². The minimum atomic E-state index is -0.240. The van der Waals surface area contributed by atoms with Crippen LogP contribution in [0.4, 0.5) is 5.69 Å². The first kappa shape index (κ1) is 24.2. The van der Waals surface area contributed by atoms with Gasteiger partial charge in [0.1, 0.15) is 0 Å². The molecule has 1 heterocycles. The lowest BCUT2D eigenvalue weighted by Crippen LogP contribution is -2.23. The van der Waals surface area contributed by atoms with Crippen molar-refractivity contribution < 1.29 is 9.59 Å². The summed E-state index contributed by atoms with van der Waals surface area (Å²) in [6.07, 6.45) is 0. The van der Waals surface area contributed by atoms with E-state index in [1.54, 1.807) is 55.1 Å². The summed E-state index contributed by atoms with van der Waals surface area (Å²) in [5, 5.41) is 3.80. The fraction of sp³-hybridized carbons (Fsp3) is 0.185. The Bertz CT molecular complexity index is 1480. The number of carbonyl (C=O) groups is 2. The van der Waals surface area contributed by atoms with Crippen molar-refractivity contribution >= 4 is 40.2 Å². The maximum absolute atomic E-state index is 13.4. The van der Waals surface area contributed by atoms with E-state index >= 15 is 0 Å². The summed E-state index contributed by atoms with van der Waals surface area (Å²) in [5.41, 5.74) is 4.43. The van der Waals surface area contributed by atoms with Crippen molar-refractivity contribution in [2.45, 2.75) is 19.0 Å². The molecule has 3 aromatic carbocycles. The highest BCUT2D eigenvalue weighted by Crippen LogP contribution is 2.23. The molecule has 0 bridgehead atoms. The van der Waals surface area contributed by atoms with Gasteiger partial charge < -0.3 is 10.2 Å². The zero-order valence-corrected chi connectivity index (χ0v) is 20.8. The number of nitrogens with one attached hydrogen (secondary N) is 1. The fourth-order valence-corrected chi connectivity index (χ4v) is 4.40. The maximum Gasteiger partial charge on any atom is 0.266 e. The van der Waals surface area contributed by atoms with Gasteiger partial charge in [-0.05, 0) is 73.5 Å². The van der Waals surface area contributed by atoms with Crippen molar-refractivity contribution in [3.8, 4) is 5.69 Å². The molecule has 0 radical (unpaired) electrons. The van der Waals surface area contributed by atoms with Crippen LogP contribution in [0, 0.1) is 13.8 Å². The molecular weight excluding hydrogens is 460 g/mol. The lowest BCUT2D eigenvalue weighted by Gasteiger charge is -2.14. The number of amides is 2. The minimum Gasteiger partial charge on any atom is -0.345 e. The van der Waals surface area contributed by atoms with Gasteiger partial charge in [0.25, 0.3) is 11.5 Å². The van der Waals surface area contributed by atoms with Gasteiger partial charge in [0, 0.05) is 25.3 Å². The van der Waals surface area contributed by atoms with E-state index in [-0.39, 0.29) is 23.1 Å². The number of hydrogen-bond donors (Lipinski definition) is 1. The zero-order chi connectivity index (χ0) is 25.1. The SMILES string of the molecule is Cc1ccc(-n2c(SCC(=O)Nc3ccc(C(=O)N(C)C)cc3)nc3ccccc3c2=O)cc1C. The highest BCUT2D eigenvalue weighted by Gasteiger charge is 2.16. The highest BCUT2D eigenvalue weighted by molar-refractivity contribution is 7.99. The van der Waals surface area contributed by atoms with E-state index < -0.39 is 0 Å². The van der Waals surface area contributed by atoms with Gasteiger partial charge in [0.15, 0.2) is 5.16 Å². The van der Waals surface area contributed by atoms with Gasteiger partial charge in [0.05, 0.1) is 22.3 Å². The third-order valence-corrected chi connectivity index (χ3v) is 6.59. The van der Waals surface area contributed by atoms with E-state index in [2.05, 4.69) is 5.32 Å². The molecule has 4 rings (SSSR count). The van der Waals surface area contributed by atoms with Crippen LogP contribution in [0.2, 0.25) is 0 Å². The van der Waals surface area contributed by atoms with Crippen molar-refractivity contribution in [3.05, 3.63) is 93.8 Å². The average Bonchev–Trinajstić information content (AvgIpc) is 2.84. The molecule has 0 unspecified atom stereocenters. The molecule has 7 nitrogen and oxygen atoms in total. The smallest absolute Gasteiger partial charge is 0.266 e. The van der Waals surface area contributed by atoms with Crippen LogP contribution >= 0.6 is 11.8 Å². The molecule has 1 aromatic heterocycles. The number of para-hydroxylation sites is 1. The lowest BCUT2D eigenvalue weighted by atomic mass is 10.1. The molecule has 0 fully saturated rings. The Balaban J connectivity index is 1.59. The number of anilines is 1. The summed E-state index contributed by atoms with van der Waals surface area (Å²) in [6.45, 7) is 4.01. The molecule has 0 aliphatic heterocycles. The van der Waals surface area contributed by atoms with Gasteiger partial charge >= 0.3 is 0 Å². The predicted molar refractivity (Wildman–Crippen MR) is 141 cm³/mol. The third-order valence-electron chi connectivity index (χ3n) is 5.65. The standard InChI is InChI=1S/C27H26N4O3S/c1-17-9-14-21(15-18(17)2)31-26(34)22-7-5-6-8-23(22)29-27(31)35-16-24(32)28-20-12-10-19(11-13-20)25(33)30(3)4/h5-15H,16H2,1-4H3,(H,28,32). The molecular formula is C27H26N4O3S. The van der Waals surface area contributed by atoms with Crippen molar-refractivity contribution in [3.63, 3.8) is 0 Å². The fourth-order valence-electron chi connectivity index (χ4n) is 3.58. The van der Waals surface area contributed by atoms with Crippen LogP contribution < -0.4 is 10.9 Å². The topological polar surface area (TPSA) is 84.3 Å². The Labute approximate surface area is 207 Å². The Morgan fingerprint density at radius 3 is 2.37 bits per heavy atom. The molecule has 0 aliphatic rings. The van der Waals surface area contributed by atoms with Crippen LogP contribution in [0.3, 0.4) is 0 Å². The molecule has 2 amide bonds. The van der Waals surface area contributed by atoms with Crippen molar-refractivity contribution in [1.82, 2.24) is 14.5 Å². The van der Waals surface area contributed by atoms with E-state index in [0.717, 1.165) is 11.1 Å². The highest BCUT2D eigenvalue weighted by atomic mass is 32.2. The Hall–Kier alpha value is -3.91. The van der Waals surface area contributed by atoms with Crippen LogP contribution in [0.25, 0.3) is 16.6 Å². The molecule has 178 valence electrons. The second kappa shape index (κ2) is 10.1. The largest absolute Gasteiger partial charge is 0.345 e. The Morgan fingerprint density at radius 1 is 0.971 bits per heavy atom. The Morgan fingerprint density at radius 2 is 1.69 bits per heavy atom. The van der Waals surface area contributed by atoms with Crippen molar-refractivity contribution in [2.75, 3.05) is 25.2 Å². The number of fused-ring (bicyclic) bond motifs is 1. The van der Waals surface area contributed by atoms with Crippen LogP contribution in [0.5, 0.6) is 0 Å². The van der Waals surface area contributed by atoms with E-state index in [4.69, 9.17) is 4.98 Å². The number of aryl methyl sites for hydroxylation is 2. The first-order valence-corrected chi connectivity index (χ1v) is 12.1. The normalized spacial score (nSPS) is 10.9. The van der Waals surface area contributed by atoms with E-state index in [1.807, 2.05) is 44.2 Å². The van der Waals surface area contributed by atoms with Crippen LogP contribution in [-0.2, 0) is 4.79 Å². The first-order valence-electron chi connectivity index (χ1n) is 11.1. The second-order valence-corrected chi connectivity index (χ2v) is 9.38. The molecule has 0 spiro atoms. The number of rotatable bonds is 6. The molecule has 35 heavy (non-hydrogen) atoms. The molecule has 1 N–H and O–H groups in total. The van der Waals surface area contributed by atoms with Crippen molar-refractivity contribution in [2.24, 2.45) is 0 Å². The summed E-state index contributed by atoms with van der Waals surface area (Å²) in [7, 11) is 3.38. The summed E-state index contributed by atoms with van der Waals surface area (Å²) in [4.78, 5) is 44.3.